The molecule has 3 N–H and O–H groups in total. The number of carbonyl (C=O) groups excluding carboxylic acids is 1. The van der Waals surface area contributed by atoms with Crippen molar-refractivity contribution in [3.63, 3.8) is 0 Å². The van der Waals surface area contributed by atoms with Crippen LogP contribution in [0, 0.1) is 5.92 Å². The van der Waals surface area contributed by atoms with Crippen molar-refractivity contribution in [1.29, 1.82) is 0 Å². The summed E-state index contributed by atoms with van der Waals surface area (Å²) < 4.78 is 1.84. The lowest BCUT2D eigenvalue weighted by Gasteiger charge is -2.34. The predicted molar refractivity (Wildman–Crippen MR) is 95.4 cm³/mol. The Bertz CT molecular complexity index is 911. The van der Waals surface area contributed by atoms with Gasteiger partial charge in [-0.3, -0.25) is 0 Å². The van der Waals surface area contributed by atoms with Gasteiger partial charge in [0.1, 0.15) is 23.0 Å². The number of piperidine rings is 1. The van der Waals surface area contributed by atoms with Crippen LogP contribution in [0.15, 0.2) is 30.6 Å². The molecule has 1 aromatic carbocycles. The Kier molecular flexibility index (Phi) is 4.29. The molecule has 9 nitrogen and oxygen atoms in total. The molecular formula is C17H21N7O2. The number of rotatable bonds is 3. The van der Waals surface area contributed by atoms with Crippen LogP contribution in [0.2, 0.25) is 0 Å². The highest BCUT2D eigenvalue weighted by Crippen LogP contribution is 2.30. The van der Waals surface area contributed by atoms with Gasteiger partial charge in [-0.15, -0.1) is 0 Å². The number of benzene rings is 1. The maximum absolute atomic E-state index is 12.6. The number of hydrogen-bond acceptors (Lipinski definition) is 5. The molecule has 26 heavy (non-hydrogen) atoms. The second-order valence-corrected chi connectivity index (χ2v) is 6.59. The van der Waals surface area contributed by atoms with Gasteiger partial charge in [-0.05, 0) is 30.9 Å². The summed E-state index contributed by atoms with van der Waals surface area (Å²) in [6.45, 7) is 1.18. The number of carbonyl (C=O) groups is 1. The van der Waals surface area contributed by atoms with Crippen LogP contribution in [0.5, 0.6) is 0 Å². The first-order valence-electron chi connectivity index (χ1n) is 8.64. The molecule has 2 amide bonds. The van der Waals surface area contributed by atoms with Crippen molar-refractivity contribution in [3.05, 3.63) is 36.4 Å². The SMILES string of the molecule is Cn1ccnc1[C@H](O)C1CCN(C(=O)Nc2cccc3n[nH]nc23)CC1. The summed E-state index contributed by atoms with van der Waals surface area (Å²) in [6.07, 6.45) is 4.37. The van der Waals surface area contributed by atoms with Crippen LogP contribution in [-0.4, -0.2) is 54.1 Å². The van der Waals surface area contributed by atoms with Gasteiger partial charge in [0.2, 0.25) is 0 Å². The molecule has 1 fully saturated rings. The molecule has 0 spiro atoms. The van der Waals surface area contributed by atoms with Gasteiger partial charge in [-0.1, -0.05) is 6.07 Å². The lowest BCUT2D eigenvalue weighted by Crippen LogP contribution is -2.42. The highest BCUT2D eigenvalue weighted by molar-refractivity contribution is 5.98. The highest BCUT2D eigenvalue weighted by Gasteiger charge is 2.30. The molecule has 4 rings (SSSR count). The zero-order chi connectivity index (χ0) is 18.1. The number of aromatic amines is 1. The Morgan fingerprint density at radius 1 is 1.35 bits per heavy atom. The third-order valence-corrected chi connectivity index (χ3v) is 4.98. The molecule has 0 radical (unpaired) electrons. The van der Waals surface area contributed by atoms with Crippen LogP contribution >= 0.6 is 0 Å². The number of aliphatic hydroxyl groups excluding tert-OH is 1. The molecule has 136 valence electrons. The molecule has 1 aliphatic heterocycles. The fourth-order valence-electron chi connectivity index (χ4n) is 3.45. The van der Waals surface area contributed by atoms with Crippen molar-refractivity contribution >= 4 is 22.8 Å². The minimum atomic E-state index is -0.607. The largest absolute Gasteiger partial charge is 0.385 e. The van der Waals surface area contributed by atoms with Crippen molar-refractivity contribution in [1.82, 2.24) is 29.9 Å². The lowest BCUT2D eigenvalue weighted by molar-refractivity contribution is 0.0600. The van der Waals surface area contributed by atoms with Gasteiger partial charge in [0, 0.05) is 32.5 Å². The average molecular weight is 355 g/mol. The van der Waals surface area contributed by atoms with Crippen molar-refractivity contribution in [2.45, 2.75) is 18.9 Å². The smallest absolute Gasteiger partial charge is 0.321 e. The molecule has 0 bridgehead atoms. The molecule has 0 saturated carbocycles. The normalized spacial score (nSPS) is 16.8. The first-order valence-corrected chi connectivity index (χ1v) is 8.64. The monoisotopic (exact) mass is 355 g/mol. The number of amides is 2. The van der Waals surface area contributed by atoms with Gasteiger partial charge in [0.25, 0.3) is 0 Å². The number of anilines is 1. The number of aliphatic hydroxyl groups is 1. The number of aryl methyl sites for hydroxylation is 1. The van der Waals surface area contributed by atoms with E-state index in [0.717, 1.165) is 12.8 Å². The van der Waals surface area contributed by atoms with E-state index in [9.17, 15) is 9.90 Å². The van der Waals surface area contributed by atoms with E-state index in [1.807, 2.05) is 29.9 Å². The number of likely N-dealkylation sites (tertiary alicyclic amines) is 1. The molecule has 0 aliphatic carbocycles. The summed E-state index contributed by atoms with van der Waals surface area (Å²) in [6, 6.07) is 5.31. The van der Waals surface area contributed by atoms with Crippen LogP contribution in [0.4, 0.5) is 10.5 Å². The Morgan fingerprint density at radius 3 is 2.88 bits per heavy atom. The number of urea groups is 1. The summed E-state index contributed by atoms with van der Waals surface area (Å²) >= 11 is 0. The van der Waals surface area contributed by atoms with Crippen LogP contribution in [0.25, 0.3) is 11.0 Å². The lowest BCUT2D eigenvalue weighted by atomic mass is 9.91. The van der Waals surface area contributed by atoms with E-state index in [4.69, 9.17) is 0 Å². The summed E-state index contributed by atoms with van der Waals surface area (Å²) in [7, 11) is 1.87. The third kappa shape index (κ3) is 3.01. The molecule has 3 heterocycles. The first-order chi connectivity index (χ1) is 12.6. The second-order valence-electron chi connectivity index (χ2n) is 6.59. The van der Waals surface area contributed by atoms with Crippen molar-refractivity contribution in [3.8, 4) is 0 Å². The molecule has 9 heteroatoms. The Hall–Kier alpha value is -2.94. The Balaban J connectivity index is 1.38. The third-order valence-electron chi connectivity index (χ3n) is 4.98. The highest BCUT2D eigenvalue weighted by atomic mass is 16.3. The molecule has 2 aromatic heterocycles. The molecule has 1 aliphatic rings. The maximum Gasteiger partial charge on any atom is 0.321 e. The minimum Gasteiger partial charge on any atom is -0.385 e. The van der Waals surface area contributed by atoms with Gasteiger partial charge >= 0.3 is 6.03 Å². The van der Waals surface area contributed by atoms with Crippen molar-refractivity contribution in [2.24, 2.45) is 13.0 Å². The van der Waals surface area contributed by atoms with Crippen LogP contribution in [0.1, 0.15) is 24.8 Å². The average Bonchev–Trinajstić information content (AvgIpc) is 3.30. The topological polar surface area (TPSA) is 112 Å². The van der Waals surface area contributed by atoms with E-state index < -0.39 is 6.10 Å². The Morgan fingerprint density at radius 2 is 2.15 bits per heavy atom. The number of para-hydroxylation sites is 1. The predicted octanol–water partition coefficient (Wildman–Crippen LogP) is 1.67. The fourth-order valence-corrected chi connectivity index (χ4v) is 3.45. The van der Waals surface area contributed by atoms with E-state index in [0.29, 0.717) is 35.6 Å². The zero-order valence-corrected chi connectivity index (χ0v) is 14.5. The van der Waals surface area contributed by atoms with E-state index in [-0.39, 0.29) is 11.9 Å². The zero-order valence-electron chi connectivity index (χ0n) is 14.5. The number of fused-ring (bicyclic) bond motifs is 1. The molecule has 0 unspecified atom stereocenters. The number of H-pyrrole nitrogens is 1. The van der Waals surface area contributed by atoms with Crippen LogP contribution in [-0.2, 0) is 7.05 Å². The standard InChI is InChI=1S/C17H21N7O2/c1-23-10-7-18-16(23)15(25)11-5-8-24(9-6-11)17(26)19-12-3-2-4-13-14(12)21-22-20-13/h2-4,7,10-11,15,25H,5-6,8-9H2,1H3,(H,19,26)(H,20,21,22)/t15-/m1/s1. The van der Waals surface area contributed by atoms with Gasteiger partial charge in [0.15, 0.2) is 0 Å². The number of nitrogens with zero attached hydrogens (tertiary/aromatic N) is 5. The summed E-state index contributed by atoms with van der Waals surface area (Å²) in [5, 5.41) is 24.1. The van der Waals surface area contributed by atoms with E-state index in [1.54, 1.807) is 17.2 Å². The maximum atomic E-state index is 12.6. The quantitative estimate of drug-likeness (QED) is 0.662. The Labute approximate surface area is 150 Å². The number of nitrogens with one attached hydrogen (secondary N) is 2. The van der Waals surface area contributed by atoms with E-state index in [1.165, 1.54) is 0 Å². The molecule has 3 aromatic rings. The van der Waals surface area contributed by atoms with Gasteiger partial charge in [-0.2, -0.15) is 15.4 Å². The van der Waals surface area contributed by atoms with Gasteiger partial charge in [-0.25, -0.2) is 9.78 Å². The van der Waals surface area contributed by atoms with Crippen LogP contribution in [0.3, 0.4) is 0 Å². The fraction of sp³-hybridized carbons (Fsp3) is 0.412. The summed E-state index contributed by atoms with van der Waals surface area (Å²) in [5.74, 6) is 0.768. The second kappa shape index (κ2) is 6.75. The number of aromatic nitrogens is 5. The summed E-state index contributed by atoms with van der Waals surface area (Å²) in [4.78, 5) is 18.6. The molecule has 1 saturated heterocycles. The molecular weight excluding hydrogens is 334 g/mol. The van der Waals surface area contributed by atoms with Crippen molar-refractivity contribution < 1.29 is 9.90 Å². The van der Waals surface area contributed by atoms with Crippen molar-refractivity contribution in [2.75, 3.05) is 18.4 Å². The summed E-state index contributed by atoms with van der Waals surface area (Å²) in [5.41, 5.74) is 1.98. The van der Waals surface area contributed by atoms with Crippen LogP contribution < -0.4 is 5.32 Å². The first kappa shape index (κ1) is 16.5. The minimum absolute atomic E-state index is 0.0964. The van der Waals surface area contributed by atoms with Gasteiger partial charge in [0.05, 0.1) is 5.69 Å². The molecule has 1 atom stereocenters. The van der Waals surface area contributed by atoms with E-state index >= 15 is 0 Å². The number of imidazole rings is 1. The van der Waals surface area contributed by atoms with E-state index in [2.05, 4.69) is 25.7 Å². The number of hydrogen-bond donors (Lipinski definition) is 3. The van der Waals surface area contributed by atoms with Gasteiger partial charge < -0.3 is 19.9 Å².